The zero-order chi connectivity index (χ0) is 12.3. The van der Waals surface area contributed by atoms with Gasteiger partial charge in [-0.1, -0.05) is 0 Å². The molecule has 1 aromatic rings. The van der Waals surface area contributed by atoms with Crippen LogP contribution in [-0.4, -0.2) is 44.7 Å². The average molecular weight is 255 g/mol. The molecule has 0 bridgehead atoms. The monoisotopic (exact) mass is 255 g/mol. The van der Waals surface area contributed by atoms with Gasteiger partial charge in [0.1, 0.15) is 0 Å². The van der Waals surface area contributed by atoms with E-state index in [9.17, 15) is 4.79 Å². The third kappa shape index (κ3) is 2.74. The lowest BCUT2D eigenvalue weighted by Gasteiger charge is -2.35. The molecule has 1 N–H and O–H groups in total. The number of aromatic nitrogens is 2. The molecule has 1 atom stereocenters. The van der Waals surface area contributed by atoms with E-state index in [0.717, 1.165) is 30.5 Å². The van der Waals surface area contributed by atoms with Crippen molar-refractivity contribution < 1.29 is 9.90 Å². The summed E-state index contributed by atoms with van der Waals surface area (Å²) in [6.45, 7) is 3.80. The lowest BCUT2D eigenvalue weighted by Crippen LogP contribution is -2.45. The van der Waals surface area contributed by atoms with Crippen LogP contribution in [0.2, 0.25) is 0 Å². The third-order valence-corrected chi connectivity index (χ3v) is 4.02. The first-order valence-corrected chi connectivity index (χ1v) is 6.95. The fourth-order valence-electron chi connectivity index (χ4n) is 2.10. The van der Waals surface area contributed by atoms with E-state index in [2.05, 4.69) is 21.4 Å². The van der Waals surface area contributed by atoms with Crippen LogP contribution >= 0.6 is 11.8 Å². The summed E-state index contributed by atoms with van der Waals surface area (Å²) >= 11 is 1.82. The smallest absolute Gasteiger partial charge is 0.305 e. The van der Waals surface area contributed by atoms with Gasteiger partial charge in [-0.3, -0.25) is 4.79 Å². The number of hydrogen-bond acceptors (Lipinski definition) is 4. The molecule has 0 aliphatic carbocycles. The highest BCUT2D eigenvalue weighted by molar-refractivity contribution is 7.99. The normalized spacial score (nSPS) is 20.5. The van der Waals surface area contributed by atoms with Crippen molar-refractivity contribution >= 4 is 23.7 Å². The van der Waals surface area contributed by atoms with Gasteiger partial charge < -0.3 is 14.6 Å². The summed E-state index contributed by atoms with van der Waals surface area (Å²) in [5, 5.41) is 8.94. The highest BCUT2D eigenvalue weighted by atomic mass is 32.2. The van der Waals surface area contributed by atoms with Gasteiger partial charge in [0.2, 0.25) is 5.95 Å². The second-order valence-electron chi connectivity index (χ2n) is 4.03. The van der Waals surface area contributed by atoms with Gasteiger partial charge in [-0.05, 0) is 6.92 Å². The zero-order valence-electron chi connectivity index (χ0n) is 9.87. The highest BCUT2D eigenvalue weighted by Crippen LogP contribution is 2.24. The van der Waals surface area contributed by atoms with Gasteiger partial charge in [0.25, 0.3) is 0 Å². The number of thioether (sulfide) groups is 1. The molecule has 2 rings (SSSR count). The van der Waals surface area contributed by atoms with E-state index in [1.165, 1.54) is 0 Å². The van der Waals surface area contributed by atoms with Crippen molar-refractivity contribution in [3.8, 4) is 0 Å². The van der Waals surface area contributed by atoms with Crippen LogP contribution in [0.15, 0.2) is 12.4 Å². The molecular formula is C11H17N3O2S. The number of anilines is 1. The summed E-state index contributed by atoms with van der Waals surface area (Å²) in [6.07, 6.45) is 3.90. The van der Waals surface area contributed by atoms with Crippen molar-refractivity contribution in [2.24, 2.45) is 0 Å². The number of carboxylic acid groups (broad SMARTS) is 1. The molecule has 17 heavy (non-hydrogen) atoms. The van der Waals surface area contributed by atoms with Crippen molar-refractivity contribution in [2.75, 3.05) is 23.0 Å². The van der Waals surface area contributed by atoms with Crippen LogP contribution in [0.1, 0.15) is 13.3 Å². The summed E-state index contributed by atoms with van der Waals surface area (Å²) in [4.78, 5) is 17.4. The number of hydrogen-bond donors (Lipinski definition) is 1. The van der Waals surface area contributed by atoms with E-state index in [1.807, 2.05) is 18.0 Å². The van der Waals surface area contributed by atoms with Crippen molar-refractivity contribution in [1.82, 2.24) is 9.55 Å². The number of aliphatic carboxylic acids is 1. The molecule has 2 heterocycles. The van der Waals surface area contributed by atoms with Crippen LogP contribution in [0.3, 0.4) is 0 Å². The quantitative estimate of drug-likeness (QED) is 0.879. The maximum Gasteiger partial charge on any atom is 0.305 e. The number of carboxylic acids is 1. The minimum atomic E-state index is -0.739. The standard InChI is InChI=1S/C11H17N3O2S/c1-2-13-4-3-12-11(13)14-5-6-17-8-9(14)7-10(15)16/h3-4,9H,2,5-8H2,1H3,(H,15,16). The molecule has 0 saturated carbocycles. The highest BCUT2D eigenvalue weighted by Gasteiger charge is 2.27. The first kappa shape index (κ1) is 12.3. The number of nitrogens with zero attached hydrogens (tertiary/aromatic N) is 3. The van der Waals surface area contributed by atoms with E-state index in [0.29, 0.717) is 0 Å². The summed E-state index contributed by atoms with van der Waals surface area (Å²) in [5.74, 6) is 2.06. The van der Waals surface area contributed by atoms with Crippen LogP contribution in [0.4, 0.5) is 5.95 Å². The zero-order valence-corrected chi connectivity index (χ0v) is 10.7. The van der Waals surface area contributed by atoms with Gasteiger partial charge in [0.05, 0.1) is 12.5 Å². The largest absolute Gasteiger partial charge is 0.481 e. The summed E-state index contributed by atoms with van der Waals surface area (Å²) < 4.78 is 2.06. The molecule has 0 spiro atoms. The molecule has 1 aliphatic rings. The van der Waals surface area contributed by atoms with Gasteiger partial charge in [-0.2, -0.15) is 11.8 Å². The van der Waals surface area contributed by atoms with E-state index >= 15 is 0 Å². The minimum absolute atomic E-state index is 0.0546. The predicted molar refractivity (Wildman–Crippen MR) is 68.6 cm³/mol. The van der Waals surface area contributed by atoms with Crippen molar-refractivity contribution in [3.63, 3.8) is 0 Å². The average Bonchev–Trinajstić information content (AvgIpc) is 2.77. The first-order valence-electron chi connectivity index (χ1n) is 5.79. The molecule has 0 aromatic carbocycles. The van der Waals surface area contributed by atoms with E-state index in [1.54, 1.807) is 6.20 Å². The van der Waals surface area contributed by atoms with Crippen LogP contribution in [0.5, 0.6) is 0 Å². The van der Waals surface area contributed by atoms with Gasteiger partial charge in [-0.25, -0.2) is 4.98 Å². The predicted octanol–water partition coefficient (Wildman–Crippen LogP) is 1.30. The number of aryl methyl sites for hydroxylation is 1. The van der Waals surface area contributed by atoms with Crippen molar-refractivity contribution in [1.29, 1.82) is 0 Å². The van der Waals surface area contributed by atoms with Crippen LogP contribution in [0, 0.1) is 0 Å². The third-order valence-electron chi connectivity index (χ3n) is 2.93. The van der Waals surface area contributed by atoms with Crippen LogP contribution < -0.4 is 4.90 Å². The number of carbonyl (C=O) groups is 1. The molecule has 94 valence electrons. The van der Waals surface area contributed by atoms with E-state index in [4.69, 9.17) is 5.11 Å². The van der Waals surface area contributed by atoms with Crippen LogP contribution in [-0.2, 0) is 11.3 Å². The molecule has 0 radical (unpaired) electrons. The lowest BCUT2D eigenvalue weighted by atomic mass is 10.2. The minimum Gasteiger partial charge on any atom is -0.481 e. The topological polar surface area (TPSA) is 58.4 Å². The Kier molecular flexibility index (Phi) is 3.93. The Bertz CT molecular complexity index is 394. The molecule has 6 heteroatoms. The Morgan fingerprint density at radius 2 is 2.53 bits per heavy atom. The maximum absolute atomic E-state index is 10.9. The Hall–Kier alpha value is -1.17. The Morgan fingerprint density at radius 3 is 3.24 bits per heavy atom. The maximum atomic E-state index is 10.9. The van der Waals surface area contributed by atoms with E-state index in [-0.39, 0.29) is 12.5 Å². The Morgan fingerprint density at radius 1 is 1.71 bits per heavy atom. The molecular weight excluding hydrogens is 238 g/mol. The van der Waals surface area contributed by atoms with E-state index < -0.39 is 5.97 Å². The molecule has 1 aliphatic heterocycles. The summed E-state index contributed by atoms with van der Waals surface area (Å²) in [7, 11) is 0. The van der Waals surface area contributed by atoms with Gasteiger partial charge in [0.15, 0.2) is 0 Å². The molecule has 1 fully saturated rings. The Balaban J connectivity index is 2.18. The number of rotatable bonds is 4. The second kappa shape index (κ2) is 5.44. The number of imidazole rings is 1. The molecule has 0 amide bonds. The van der Waals surface area contributed by atoms with Crippen LogP contribution in [0.25, 0.3) is 0 Å². The molecule has 1 unspecified atom stereocenters. The molecule has 1 saturated heterocycles. The lowest BCUT2D eigenvalue weighted by molar-refractivity contribution is -0.137. The second-order valence-corrected chi connectivity index (χ2v) is 5.18. The van der Waals surface area contributed by atoms with Gasteiger partial charge >= 0.3 is 5.97 Å². The van der Waals surface area contributed by atoms with Crippen molar-refractivity contribution in [2.45, 2.75) is 25.9 Å². The summed E-state index contributed by atoms with van der Waals surface area (Å²) in [5.41, 5.74) is 0. The molecule has 1 aromatic heterocycles. The first-order chi connectivity index (χ1) is 8.22. The fourth-order valence-corrected chi connectivity index (χ4v) is 3.16. The SMILES string of the molecule is CCn1ccnc1N1CCSCC1CC(=O)O. The molecule has 5 nitrogen and oxygen atoms in total. The fraction of sp³-hybridized carbons (Fsp3) is 0.636. The van der Waals surface area contributed by atoms with Crippen molar-refractivity contribution in [3.05, 3.63) is 12.4 Å². The van der Waals surface area contributed by atoms with Gasteiger partial charge in [0, 0.05) is 37.0 Å². The Labute approximate surface area is 105 Å². The summed E-state index contributed by atoms with van der Waals surface area (Å²) in [6, 6.07) is 0.0546. The van der Waals surface area contributed by atoms with Gasteiger partial charge in [-0.15, -0.1) is 0 Å².